The number of rotatable bonds is 7. The Hall–Kier alpha value is -2.64. The first-order chi connectivity index (χ1) is 14.2. The molecule has 4 aromatic rings. The number of pyridine rings is 1. The molecule has 2 heterocycles. The number of hydrogen-bond acceptors (Lipinski definition) is 5. The standard InChI is InChI=1S/C22H19BrN4OS/c1-28-19-11-7-16(8-12-19)14-27-21(20-4-2-3-13-24-20)25-26-22(27)29-15-17-5-9-18(23)10-6-17/h2-13H,14-15H2,1H3. The Balaban J connectivity index is 1.63. The normalized spacial score (nSPS) is 10.8. The van der Waals surface area contributed by atoms with Crippen LogP contribution >= 0.6 is 27.7 Å². The van der Waals surface area contributed by atoms with Crippen molar-refractivity contribution in [1.82, 2.24) is 19.7 Å². The number of hydrogen-bond donors (Lipinski definition) is 0. The Morgan fingerprint density at radius 3 is 2.38 bits per heavy atom. The van der Waals surface area contributed by atoms with Crippen molar-refractivity contribution in [2.45, 2.75) is 17.5 Å². The van der Waals surface area contributed by atoms with Gasteiger partial charge in [0.2, 0.25) is 0 Å². The summed E-state index contributed by atoms with van der Waals surface area (Å²) in [6, 6.07) is 22.2. The predicted molar refractivity (Wildman–Crippen MR) is 119 cm³/mol. The van der Waals surface area contributed by atoms with E-state index in [1.165, 1.54) is 5.56 Å². The fraction of sp³-hybridized carbons (Fsp3) is 0.136. The van der Waals surface area contributed by atoms with Gasteiger partial charge in [0, 0.05) is 16.4 Å². The largest absolute Gasteiger partial charge is 0.497 e. The molecule has 29 heavy (non-hydrogen) atoms. The summed E-state index contributed by atoms with van der Waals surface area (Å²) in [6.45, 7) is 0.658. The van der Waals surface area contributed by atoms with E-state index >= 15 is 0 Å². The number of methoxy groups -OCH3 is 1. The third-order valence-electron chi connectivity index (χ3n) is 4.39. The number of ether oxygens (including phenoxy) is 1. The van der Waals surface area contributed by atoms with Gasteiger partial charge in [-0.05, 0) is 47.5 Å². The SMILES string of the molecule is COc1ccc(Cn2c(SCc3ccc(Br)cc3)nnc2-c2ccccn2)cc1. The lowest BCUT2D eigenvalue weighted by molar-refractivity contribution is 0.414. The fourth-order valence-electron chi connectivity index (χ4n) is 2.86. The summed E-state index contributed by atoms with van der Waals surface area (Å²) >= 11 is 5.15. The molecule has 0 bridgehead atoms. The third-order valence-corrected chi connectivity index (χ3v) is 5.96. The van der Waals surface area contributed by atoms with E-state index in [2.05, 4.69) is 72.1 Å². The van der Waals surface area contributed by atoms with Gasteiger partial charge in [0.25, 0.3) is 0 Å². The number of aromatic nitrogens is 4. The van der Waals surface area contributed by atoms with Gasteiger partial charge in [-0.15, -0.1) is 10.2 Å². The first-order valence-electron chi connectivity index (χ1n) is 9.08. The average Bonchev–Trinajstić information content (AvgIpc) is 3.17. The maximum Gasteiger partial charge on any atom is 0.192 e. The second-order valence-electron chi connectivity index (χ2n) is 6.37. The van der Waals surface area contributed by atoms with Gasteiger partial charge >= 0.3 is 0 Å². The first-order valence-corrected chi connectivity index (χ1v) is 10.9. The molecular weight excluding hydrogens is 448 g/mol. The molecule has 0 aliphatic rings. The van der Waals surface area contributed by atoms with Crippen molar-refractivity contribution in [3.05, 3.63) is 88.5 Å². The summed E-state index contributed by atoms with van der Waals surface area (Å²) in [4.78, 5) is 4.46. The molecule has 0 unspecified atom stereocenters. The van der Waals surface area contributed by atoms with Crippen LogP contribution in [0.1, 0.15) is 11.1 Å². The van der Waals surface area contributed by atoms with Crippen molar-refractivity contribution in [2.24, 2.45) is 0 Å². The lowest BCUT2D eigenvalue weighted by Crippen LogP contribution is -2.05. The highest BCUT2D eigenvalue weighted by Gasteiger charge is 2.16. The molecule has 0 amide bonds. The lowest BCUT2D eigenvalue weighted by atomic mass is 10.2. The van der Waals surface area contributed by atoms with Crippen molar-refractivity contribution >= 4 is 27.7 Å². The van der Waals surface area contributed by atoms with Crippen LogP contribution in [0, 0.1) is 0 Å². The van der Waals surface area contributed by atoms with Gasteiger partial charge < -0.3 is 4.74 Å². The van der Waals surface area contributed by atoms with E-state index in [-0.39, 0.29) is 0 Å². The van der Waals surface area contributed by atoms with Crippen molar-refractivity contribution < 1.29 is 4.74 Å². The molecule has 0 N–H and O–H groups in total. The zero-order valence-corrected chi connectivity index (χ0v) is 18.2. The van der Waals surface area contributed by atoms with E-state index in [9.17, 15) is 0 Å². The highest BCUT2D eigenvalue weighted by atomic mass is 79.9. The molecule has 0 saturated carbocycles. The summed E-state index contributed by atoms with van der Waals surface area (Å²) in [5, 5.41) is 9.76. The minimum atomic E-state index is 0.658. The predicted octanol–water partition coefficient (Wildman–Crippen LogP) is 5.45. The molecular formula is C22H19BrN4OS. The summed E-state index contributed by atoms with van der Waals surface area (Å²) in [5.41, 5.74) is 3.19. The number of halogens is 1. The third kappa shape index (κ3) is 4.86. The zero-order valence-electron chi connectivity index (χ0n) is 15.8. The van der Waals surface area contributed by atoms with Crippen LogP contribution in [0.15, 0.2) is 82.6 Å². The van der Waals surface area contributed by atoms with E-state index in [4.69, 9.17) is 4.74 Å². The van der Waals surface area contributed by atoms with Gasteiger partial charge in [-0.3, -0.25) is 9.55 Å². The van der Waals surface area contributed by atoms with Crippen molar-refractivity contribution in [2.75, 3.05) is 7.11 Å². The van der Waals surface area contributed by atoms with Crippen LogP contribution in [0.4, 0.5) is 0 Å². The smallest absolute Gasteiger partial charge is 0.192 e. The van der Waals surface area contributed by atoms with E-state index < -0.39 is 0 Å². The highest BCUT2D eigenvalue weighted by molar-refractivity contribution is 9.10. The molecule has 2 aromatic heterocycles. The maximum atomic E-state index is 5.27. The van der Waals surface area contributed by atoms with E-state index in [1.54, 1.807) is 25.1 Å². The van der Waals surface area contributed by atoms with E-state index in [0.717, 1.165) is 38.2 Å². The van der Waals surface area contributed by atoms with Gasteiger partial charge in [-0.25, -0.2) is 0 Å². The molecule has 0 aliphatic carbocycles. The molecule has 5 nitrogen and oxygen atoms in total. The van der Waals surface area contributed by atoms with Gasteiger partial charge in [0.1, 0.15) is 11.4 Å². The molecule has 4 rings (SSSR count). The second kappa shape index (κ2) is 9.24. The number of thioether (sulfide) groups is 1. The fourth-order valence-corrected chi connectivity index (χ4v) is 4.02. The van der Waals surface area contributed by atoms with Crippen LogP contribution in [0.3, 0.4) is 0 Å². The van der Waals surface area contributed by atoms with Crippen LogP contribution in [0.5, 0.6) is 5.75 Å². The molecule has 2 aromatic carbocycles. The Morgan fingerprint density at radius 2 is 1.69 bits per heavy atom. The Bertz CT molecular complexity index is 1070. The summed E-state index contributed by atoms with van der Waals surface area (Å²) in [7, 11) is 1.67. The minimum Gasteiger partial charge on any atom is -0.497 e. The van der Waals surface area contributed by atoms with Gasteiger partial charge in [-0.2, -0.15) is 0 Å². The summed E-state index contributed by atoms with van der Waals surface area (Å²) < 4.78 is 8.46. The molecule has 0 spiro atoms. The molecule has 0 fully saturated rings. The Kier molecular flexibility index (Phi) is 6.27. The topological polar surface area (TPSA) is 52.8 Å². The number of nitrogens with zero attached hydrogens (tertiary/aromatic N) is 4. The molecule has 146 valence electrons. The summed E-state index contributed by atoms with van der Waals surface area (Å²) in [6.07, 6.45) is 1.77. The van der Waals surface area contributed by atoms with Crippen molar-refractivity contribution in [3.8, 4) is 17.3 Å². The molecule has 0 atom stereocenters. The van der Waals surface area contributed by atoms with Crippen LogP contribution in [-0.4, -0.2) is 26.9 Å². The molecule has 0 aliphatic heterocycles. The summed E-state index contributed by atoms with van der Waals surface area (Å²) in [5.74, 6) is 2.42. The molecule has 0 saturated heterocycles. The van der Waals surface area contributed by atoms with Gasteiger partial charge in [0.15, 0.2) is 11.0 Å². The van der Waals surface area contributed by atoms with Crippen molar-refractivity contribution in [1.29, 1.82) is 0 Å². The Labute approximate surface area is 182 Å². The van der Waals surface area contributed by atoms with E-state index in [0.29, 0.717) is 6.54 Å². The minimum absolute atomic E-state index is 0.658. The van der Waals surface area contributed by atoms with Crippen LogP contribution in [0.25, 0.3) is 11.5 Å². The molecule has 7 heteroatoms. The monoisotopic (exact) mass is 466 g/mol. The van der Waals surface area contributed by atoms with Gasteiger partial charge in [0.05, 0.1) is 13.7 Å². The van der Waals surface area contributed by atoms with Crippen molar-refractivity contribution in [3.63, 3.8) is 0 Å². The van der Waals surface area contributed by atoms with Crippen LogP contribution in [-0.2, 0) is 12.3 Å². The average molecular weight is 467 g/mol. The highest BCUT2D eigenvalue weighted by Crippen LogP contribution is 2.27. The quantitative estimate of drug-likeness (QED) is 0.338. The first kappa shape index (κ1) is 19.7. The van der Waals surface area contributed by atoms with Crippen LogP contribution in [0.2, 0.25) is 0 Å². The number of benzene rings is 2. The van der Waals surface area contributed by atoms with Gasteiger partial charge in [-0.1, -0.05) is 58.0 Å². The zero-order chi connectivity index (χ0) is 20.1. The lowest BCUT2D eigenvalue weighted by Gasteiger charge is -2.11. The van der Waals surface area contributed by atoms with Crippen LogP contribution < -0.4 is 4.74 Å². The second-order valence-corrected chi connectivity index (χ2v) is 8.23. The van der Waals surface area contributed by atoms with E-state index in [1.807, 2.05) is 30.3 Å². The Morgan fingerprint density at radius 1 is 0.931 bits per heavy atom. The maximum absolute atomic E-state index is 5.27. The molecule has 0 radical (unpaired) electrons.